The fraction of sp³-hybridized carbons (Fsp3) is 0.556. The zero-order valence-corrected chi connectivity index (χ0v) is 15.0. The molecular formula is C18H29N5O. The van der Waals surface area contributed by atoms with Crippen LogP contribution in [0.4, 0.5) is 0 Å². The molecule has 1 aliphatic heterocycles. The van der Waals surface area contributed by atoms with E-state index >= 15 is 0 Å². The maximum atomic E-state index is 11.3. The van der Waals surface area contributed by atoms with Gasteiger partial charge >= 0.3 is 0 Å². The number of carbonyl (C=O) groups is 1. The van der Waals surface area contributed by atoms with Crippen LogP contribution in [0, 0.1) is 6.92 Å². The van der Waals surface area contributed by atoms with Crippen LogP contribution in [-0.4, -0.2) is 68.0 Å². The third-order valence-corrected chi connectivity index (χ3v) is 4.34. The number of benzene rings is 1. The van der Waals surface area contributed by atoms with Crippen LogP contribution in [0.3, 0.4) is 0 Å². The molecular weight excluding hydrogens is 302 g/mol. The van der Waals surface area contributed by atoms with Gasteiger partial charge in [-0.1, -0.05) is 29.8 Å². The molecule has 6 heteroatoms. The Hall–Kier alpha value is -2.08. The monoisotopic (exact) mass is 331 g/mol. The van der Waals surface area contributed by atoms with Gasteiger partial charge in [0.1, 0.15) is 0 Å². The van der Waals surface area contributed by atoms with Gasteiger partial charge in [0.05, 0.1) is 0 Å². The minimum atomic E-state index is 0.175. The summed E-state index contributed by atoms with van der Waals surface area (Å²) < 4.78 is 0. The highest BCUT2D eigenvalue weighted by molar-refractivity contribution is 5.79. The third-order valence-electron chi connectivity index (χ3n) is 4.34. The van der Waals surface area contributed by atoms with Crippen molar-refractivity contribution in [1.29, 1.82) is 0 Å². The van der Waals surface area contributed by atoms with Gasteiger partial charge in [-0.3, -0.25) is 14.7 Å². The fourth-order valence-corrected chi connectivity index (χ4v) is 2.73. The number of aliphatic imine (C=N–C) groups is 1. The van der Waals surface area contributed by atoms with Crippen LogP contribution in [0.15, 0.2) is 29.3 Å². The number of rotatable bonds is 5. The molecule has 0 unspecified atom stereocenters. The minimum Gasteiger partial charge on any atom is -0.355 e. The molecule has 132 valence electrons. The molecule has 2 N–H and O–H groups in total. The number of piperazine rings is 1. The SMILES string of the molecule is CN=C(NCCN1CCN(C(C)=O)CC1)NCc1ccc(C)cc1. The van der Waals surface area contributed by atoms with Gasteiger partial charge in [0.25, 0.3) is 0 Å². The van der Waals surface area contributed by atoms with Crippen molar-refractivity contribution >= 4 is 11.9 Å². The molecule has 0 aliphatic carbocycles. The van der Waals surface area contributed by atoms with E-state index in [-0.39, 0.29) is 5.91 Å². The lowest BCUT2D eigenvalue weighted by atomic mass is 10.1. The van der Waals surface area contributed by atoms with Crippen molar-refractivity contribution in [2.45, 2.75) is 20.4 Å². The van der Waals surface area contributed by atoms with Crippen LogP contribution in [0.25, 0.3) is 0 Å². The molecule has 1 heterocycles. The lowest BCUT2D eigenvalue weighted by Gasteiger charge is -2.34. The second-order valence-corrected chi connectivity index (χ2v) is 6.19. The Morgan fingerprint density at radius 2 is 1.79 bits per heavy atom. The maximum absolute atomic E-state index is 11.3. The molecule has 24 heavy (non-hydrogen) atoms. The number of nitrogens with zero attached hydrogens (tertiary/aromatic N) is 3. The van der Waals surface area contributed by atoms with Crippen molar-refractivity contribution in [3.05, 3.63) is 35.4 Å². The van der Waals surface area contributed by atoms with E-state index in [0.29, 0.717) is 0 Å². The van der Waals surface area contributed by atoms with Crippen molar-refractivity contribution in [1.82, 2.24) is 20.4 Å². The molecule has 0 spiro atoms. The number of hydrogen-bond donors (Lipinski definition) is 2. The van der Waals surface area contributed by atoms with Gasteiger partial charge in [-0.25, -0.2) is 0 Å². The Balaban J connectivity index is 1.65. The molecule has 1 aliphatic rings. The van der Waals surface area contributed by atoms with Gasteiger partial charge in [-0.05, 0) is 12.5 Å². The minimum absolute atomic E-state index is 0.175. The highest BCUT2D eigenvalue weighted by Crippen LogP contribution is 2.02. The first-order valence-electron chi connectivity index (χ1n) is 8.56. The van der Waals surface area contributed by atoms with Gasteiger partial charge in [0.15, 0.2) is 5.96 Å². The maximum Gasteiger partial charge on any atom is 0.219 e. The highest BCUT2D eigenvalue weighted by atomic mass is 16.2. The Morgan fingerprint density at radius 3 is 2.38 bits per heavy atom. The van der Waals surface area contributed by atoms with Gasteiger partial charge in [-0.2, -0.15) is 0 Å². The molecule has 1 saturated heterocycles. The molecule has 6 nitrogen and oxygen atoms in total. The quantitative estimate of drug-likeness (QED) is 0.620. The first kappa shape index (κ1) is 18.3. The van der Waals surface area contributed by atoms with Gasteiger partial charge < -0.3 is 15.5 Å². The van der Waals surface area contributed by atoms with Crippen LogP contribution >= 0.6 is 0 Å². The molecule has 1 aromatic carbocycles. The molecule has 0 saturated carbocycles. The number of hydrogen-bond acceptors (Lipinski definition) is 3. The molecule has 0 aromatic heterocycles. The van der Waals surface area contributed by atoms with Crippen molar-refractivity contribution in [2.24, 2.45) is 4.99 Å². The molecule has 0 atom stereocenters. The topological polar surface area (TPSA) is 60.0 Å². The molecule has 1 fully saturated rings. The largest absolute Gasteiger partial charge is 0.355 e. The van der Waals surface area contributed by atoms with Crippen LogP contribution in [0.5, 0.6) is 0 Å². The standard InChI is InChI=1S/C18H29N5O/c1-15-4-6-17(7-5-15)14-21-18(19-3)20-8-9-22-10-12-23(13-11-22)16(2)24/h4-7H,8-14H2,1-3H3,(H2,19,20,21). The molecule has 1 amide bonds. The second kappa shape index (κ2) is 9.27. The normalized spacial score (nSPS) is 16.1. The Labute approximate surface area is 144 Å². The summed E-state index contributed by atoms with van der Waals surface area (Å²) in [5.41, 5.74) is 2.51. The van der Waals surface area contributed by atoms with E-state index < -0.39 is 0 Å². The van der Waals surface area contributed by atoms with Gasteiger partial charge in [-0.15, -0.1) is 0 Å². The van der Waals surface area contributed by atoms with E-state index in [4.69, 9.17) is 0 Å². The van der Waals surface area contributed by atoms with Crippen LogP contribution in [0.1, 0.15) is 18.1 Å². The number of aryl methyl sites for hydroxylation is 1. The van der Waals surface area contributed by atoms with Gasteiger partial charge in [0, 0.05) is 59.8 Å². The van der Waals surface area contributed by atoms with E-state index in [1.54, 1.807) is 14.0 Å². The predicted octanol–water partition coefficient (Wildman–Crippen LogP) is 0.824. The summed E-state index contributed by atoms with van der Waals surface area (Å²) in [7, 11) is 1.79. The van der Waals surface area contributed by atoms with Crippen molar-refractivity contribution in [3.8, 4) is 0 Å². The van der Waals surface area contributed by atoms with E-state index in [1.165, 1.54) is 11.1 Å². The fourth-order valence-electron chi connectivity index (χ4n) is 2.73. The summed E-state index contributed by atoms with van der Waals surface area (Å²) in [4.78, 5) is 19.9. The van der Waals surface area contributed by atoms with Crippen LogP contribution < -0.4 is 10.6 Å². The predicted molar refractivity (Wildman–Crippen MR) is 98.1 cm³/mol. The van der Waals surface area contributed by atoms with Crippen LogP contribution in [0.2, 0.25) is 0 Å². The molecule has 1 aromatic rings. The van der Waals surface area contributed by atoms with E-state index in [1.807, 2.05) is 4.90 Å². The number of carbonyl (C=O) groups excluding carboxylic acids is 1. The number of nitrogens with one attached hydrogen (secondary N) is 2. The molecule has 0 radical (unpaired) electrons. The Kier molecular flexibility index (Phi) is 7.06. The zero-order valence-electron chi connectivity index (χ0n) is 15.0. The Bertz CT molecular complexity index is 547. The summed E-state index contributed by atoms with van der Waals surface area (Å²) in [6, 6.07) is 8.50. The average molecular weight is 331 g/mol. The van der Waals surface area contributed by atoms with E-state index in [2.05, 4.69) is 51.7 Å². The van der Waals surface area contributed by atoms with E-state index in [0.717, 1.165) is 51.8 Å². The third kappa shape index (κ3) is 5.85. The van der Waals surface area contributed by atoms with Crippen LogP contribution in [-0.2, 0) is 11.3 Å². The highest BCUT2D eigenvalue weighted by Gasteiger charge is 2.17. The lowest BCUT2D eigenvalue weighted by Crippen LogP contribution is -2.50. The molecule has 2 rings (SSSR count). The first-order chi connectivity index (χ1) is 11.6. The number of guanidine groups is 1. The Morgan fingerprint density at radius 1 is 1.12 bits per heavy atom. The van der Waals surface area contributed by atoms with E-state index in [9.17, 15) is 4.79 Å². The first-order valence-corrected chi connectivity index (χ1v) is 8.56. The average Bonchev–Trinajstić information content (AvgIpc) is 2.59. The smallest absolute Gasteiger partial charge is 0.219 e. The molecule has 0 bridgehead atoms. The van der Waals surface area contributed by atoms with Crippen molar-refractivity contribution in [3.63, 3.8) is 0 Å². The van der Waals surface area contributed by atoms with Crippen molar-refractivity contribution in [2.75, 3.05) is 46.3 Å². The second-order valence-electron chi connectivity index (χ2n) is 6.19. The number of amides is 1. The zero-order chi connectivity index (χ0) is 17.4. The summed E-state index contributed by atoms with van der Waals surface area (Å²) in [5.74, 6) is 0.992. The summed E-state index contributed by atoms with van der Waals surface area (Å²) in [5, 5.41) is 6.68. The summed E-state index contributed by atoms with van der Waals surface area (Å²) in [6.45, 7) is 9.83. The summed E-state index contributed by atoms with van der Waals surface area (Å²) in [6.07, 6.45) is 0. The lowest BCUT2D eigenvalue weighted by molar-refractivity contribution is -0.130. The van der Waals surface area contributed by atoms with Crippen molar-refractivity contribution < 1.29 is 4.79 Å². The summed E-state index contributed by atoms with van der Waals surface area (Å²) >= 11 is 0. The van der Waals surface area contributed by atoms with Gasteiger partial charge in [0.2, 0.25) is 5.91 Å².